The van der Waals surface area contributed by atoms with Gasteiger partial charge in [0.25, 0.3) is 0 Å². The highest BCUT2D eigenvalue weighted by molar-refractivity contribution is 5.96. The van der Waals surface area contributed by atoms with E-state index < -0.39 is 5.97 Å². The fourth-order valence-electron chi connectivity index (χ4n) is 1.58. The quantitative estimate of drug-likeness (QED) is 0.454. The van der Waals surface area contributed by atoms with Crippen molar-refractivity contribution in [3.05, 3.63) is 23.8 Å². The highest BCUT2D eigenvalue weighted by Crippen LogP contribution is 2.18. The van der Waals surface area contributed by atoms with Gasteiger partial charge in [0.15, 0.2) is 0 Å². The molecule has 0 aromatic heterocycles. The Hall–Kier alpha value is -1.75. The first-order chi connectivity index (χ1) is 8.54. The van der Waals surface area contributed by atoms with Crippen molar-refractivity contribution in [1.29, 1.82) is 0 Å². The average molecular weight is 251 g/mol. The molecule has 1 aromatic rings. The molecular weight excluding hydrogens is 230 g/mol. The topological polar surface area (TPSA) is 67.6 Å². The molecule has 18 heavy (non-hydrogen) atoms. The second-order valence-electron chi connectivity index (χ2n) is 4.38. The van der Waals surface area contributed by atoms with E-state index in [0.29, 0.717) is 11.3 Å². The number of ether oxygens (including phenoxy) is 1. The van der Waals surface area contributed by atoms with Gasteiger partial charge in [-0.05, 0) is 45.3 Å². The molecule has 100 valence electrons. The Morgan fingerprint density at radius 2 is 2.17 bits per heavy atom. The van der Waals surface area contributed by atoms with Gasteiger partial charge in [0.05, 0.1) is 12.7 Å². The van der Waals surface area contributed by atoms with Crippen LogP contribution in [-0.2, 0) is 4.74 Å². The molecule has 0 fully saturated rings. The van der Waals surface area contributed by atoms with Gasteiger partial charge in [0, 0.05) is 17.9 Å². The number of nitrogens with two attached hydrogens (primary N) is 1. The van der Waals surface area contributed by atoms with Crippen LogP contribution < -0.4 is 11.1 Å². The number of anilines is 2. The number of hydrogen-bond acceptors (Lipinski definition) is 5. The normalized spacial score (nSPS) is 10.4. The molecule has 0 heterocycles. The summed E-state index contributed by atoms with van der Waals surface area (Å²) in [5, 5.41) is 3.26. The standard InChI is InChI=1S/C13H21N3O2/c1-16(2)8-4-7-15-10-5-6-12(14)11(9-10)13(17)18-3/h5-6,9,15H,4,7-8,14H2,1-3H3. The number of benzene rings is 1. The predicted octanol–water partition coefficient (Wildman–Crippen LogP) is 1.42. The molecule has 1 aromatic carbocycles. The number of nitrogen functional groups attached to an aromatic ring is 1. The summed E-state index contributed by atoms with van der Waals surface area (Å²) >= 11 is 0. The molecule has 0 atom stereocenters. The van der Waals surface area contributed by atoms with Crippen LogP contribution in [-0.4, -0.2) is 45.2 Å². The lowest BCUT2D eigenvalue weighted by Gasteiger charge is -2.12. The highest BCUT2D eigenvalue weighted by Gasteiger charge is 2.10. The summed E-state index contributed by atoms with van der Waals surface area (Å²) in [6.07, 6.45) is 1.03. The van der Waals surface area contributed by atoms with E-state index in [4.69, 9.17) is 5.73 Å². The first kappa shape index (κ1) is 14.3. The third kappa shape index (κ3) is 4.25. The van der Waals surface area contributed by atoms with E-state index in [1.54, 1.807) is 12.1 Å². The maximum atomic E-state index is 11.5. The number of nitrogens with zero attached hydrogens (tertiary/aromatic N) is 1. The van der Waals surface area contributed by atoms with Gasteiger partial charge < -0.3 is 20.7 Å². The molecule has 0 amide bonds. The number of methoxy groups -OCH3 is 1. The second-order valence-corrected chi connectivity index (χ2v) is 4.38. The molecule has 0 unspecified atom stereocenters. The van der Waals surface area contributed by atoms with E-state index in [1.165, 1.54) is 7.11 Å². The van der Waals surface area contributed by atoms with Crippen LogP contribution >= 0.6 is 0 Å². The molecule has 0 radical (unpaired) electrons. The Labute approximate surface area is 108 Å². The van der Waals surface area contributed by atoms with E-state index >= 15 is 0 Å². The van der Waals surface area contributed by atoms with Crippen LogP contribution in [0.4, 0.5) is 11.4 Å². The predicted molar refractivity (Wildman–Crippen MR) is 73.9 cm³/mol. The number of carbonyl (C=O) groups excluding carboxylic acids is 1. The molecule has 5 nitrogen and oxygen atoms in total. The molecule has 5 heteroatoms. The Bertz CT molecular complexity index is 405. The van der Waals surface area contributed by atoms with Gasteiger partial charge in [-0.25, -0.2) is 4.79 Å². The molecule has 0 bridgehead atoms. The van der Waals surface area contributed by atoms with Crippen LogP contribution in [0.5, 0.6) is 0 Å². The Morgan fingerprint density at radius 3 is 2.78 bits per heavy atom. The smallest absolute Gasteiger partial charge is 0.340 e. The zero-order valence-corrected chi connectivity index (χ0v) is 11.2. The van der Waals surface area contributed by atoms with Gasteiger partial charge in [-0.2, -0.15) is 0 Å². The monoisotopic (exact) mass is 251 g/mol. The second kappa shape index (κ2) is 6.86. The van der Waals surface area contributed by atoms with Gasteiger partial charge in [0.1, 0.15) is 0 Å². The fourth-order valence-corrected chi connectivity index (χ4v) is 1.58. The Kier molecular flexibility index (Phi) is 5.45. The van der Waals surface area contributed by atoms with Crippen molar-refractivity contribution in [2.75, 3.05) is 45.3 Å². The number of hydrogen-bond donors (Lipinski definition) is 2. The maximum absolute atomic E-state index is 11.5. The first-order valence-electron chi connectivity index (χ1n) is 5.91. The Morgan fingerprint density at radius 1 is 1.44 bits per heavy atom. The first-order valence-corrected chi connectivity index (χ1v) is 5.91. The summed E-state index contributed by atoms with van der Waals surface area (Å²) in [6, 6.07) is 5.29. The zero-order chi connectivity index (χ0) is 13.5. The van der Waals surface area contributed by atoms with Crippen LogP contribution in [0.1, 0.15) is 16.8 Å². The molecule has 0 saturated heterocycles. The van der Waals surface area contributed by atoms with Gasteiger partial charge in [-0.15, -0.1) is 0 Å². The summed E-state index contributed by atoms with van der Waals surface area (Å²) in [6.45, 7) is 1.87. The number of nitrogens with one attached hydrogen (secondary N) is 1. The molecule has 3 N–H and O–H groups in total. The lowest BCUT2D eigenvalue weighted by molar-refractivity contribution is 0.0602. The molecule has 0 aliphatic carbocycles. The van der Waals surface area contributed by atoms with E-state index in [2.05, 4.69) is 15.0 Å². The third-order valence-electron chi connectivity index (χ3n) is 2.57. The largest absolute Gasteiger partial charge is 0.465 e. The minimum absolute atomic E-state index is 0.398. The van der Waals surface area contributed by atoms with Crippen molar-refractivity contribution in [2.24, 2.45) is 0 Å². The van der Waals surface area contributed by atoms with Crippen LogP contribution in [0.15, 0.2) is 18.2 Å². The average Bonchev–Trinajstić information content (AvgIpc) is 2.35. The summed E-state index contributed by atoms with van der Waals surface area (Å²) in [4.78, 5) is 13.6. The molecular formula is C13H21N3O2. The van der Waals surface area contributed by atoms with Gasteiger partial charge >= 0.3 is 5.97 Å². The van der Waals surface area contributed by atoms with Gasteiger partial charge in [-0.3, -0.25) is 0 Å². The summed E-state index contributed by atoms with van der Waals surface area (Å²) < 4.78 is 4.68. The molecule has 0 aliphatic rings. The molecule has 0 saturated carbocycles. The summed E-state index contributed by atoms with van der Waals surface area (Å²) in [5.74, 6) is -0.413. The summed E-state index contributed by atoms with van der Waals surface area (Å²) in [5.41, 5.74) is 7.43. The highest BCUT2D eigenvalue weighted by atomic mass is 16.5. The maximum Gasteiger partial charge on any atom is 0.340 e. The molecule has 0 aliphatic heterocycles. The van der Waals surface area contributed by atoms with Crippen molar-refractivity contribution < 1.29 is 9.53 Å². The lowest BCUT2D eigenvalue weighted by atomic mass is 10.1. The number of rotatable bonds is 6. The number of esters is 1. The lowest BCUT2D eigenvalue weighted by Crippen LogP contribution is -2.16. The van der Waals surface area contributed by atoms with Crippen LogP contribution in [0.2, 0.25) is 0 Å². The van der Waals surface area contributed by atoms with E-state index in [9.17, 15) is 4.79 Å². The van der Waals surface area contributed by atoms with Crippen LogP contribution in [0.3, 0.4) is 0 Å². The van der Waals surface area contributed by atoms with E-state index in [-0.39, 0.29) is 0 Å². The minimum Gasteiger partial charge on any atom is -0.465 e. The SMILES string of the molecule is COC(=O)c1cc(NCCCN(C)C)ccc1N. The fraction of sp³-hybridized carbons (Fsp3) is 0.462. The van der Waals surface area contributed by atoms with Crippen molar-refractivity contribution in [3.63, 3.8) is 0 Å². The number of carbonyl (C=O) groups is 1. The van der Waals surface area contributed by atoms with E-state index in [0.717, 1.165) is 25.2 Å². The van der Waals surface area contributed by atoms with Crippen molar-refractivity contribution in [3.8, 4) is 0 Å². The van der Waals surface area contributed by atoms with E-state index in [1.807, 2.05) is 20.2 Å². The zero-order valence-electron chi connectivity index (χ0n) is 11.2. The molecule has 1 rings (SSSR count). The summed E-state index contributed by atoms with van der Waals surface area (Å²) in [7, 11) is 5.43. The van der Waals surface area contributed by atoms with Crippen LogP contribution in [0.25, 0.3) is 0 Å². The van der Waals surface area contributed by atoms with Crippen LogP contribution in [0, 0.1) is 0 Å². The third-order valence-corrected chi connectivity index (χ3v) is 2.57. The minimum atomic E-state index is -0.413. The van der Waals surface area contributed by atoms with Crippen molar-refractivity contribution in [2.45, 2.75) is 6.42 Å². The van der Waals surface area contributed by atoms with Crippen molar-refractivity contribution in [1.82, 2.24) is 4.90 Å². The Balaban J connectivity index is 2.59. The molecule has 0 spiro atoms. The van der Waals surface area contributed by atoms with Gasteiger partial charge in [-0.1, -0.05) is 0 Å². The van der Waals surface area contributed by atoms with Gasteiger partial charge in [0.2, 0.25) is 0 Å². The van der Waals surface area contributed by atoms with Crippen molar-refractivity contribution >= 4 is 17.3 Å².